The number of para-hydroxylation sites is 1. The largest absolute Gasteiger partial charge is 0.465 e. The number of carbonyl (C=O) groups excluding carboxylic acids is 2. The fourth-order valence-corrected chi connectivity index (χ4v) is 2.52. The van der Waals surface area contributed by atoms with Crippen molar-refractivity contribution in [3.05, 3.63) is 71.0 Å². The van der Waals surface area contributed by atoms with Crippen LogP contribution in [0.4, 0.5) is 23.0 Å². The van der Waals surface area contributed by atoms with E-state index in [9.17, 15) is 9.59 Å². The molecule has 1 heterocycles. The smallest absolute Gasteiger partial charge is 0.339 e. The molecular weight excluding hydrogens is 396 g/mol. The molecule has 10 heteroatoms. The molecule has 3 aromatic rings. The van der Waals surface area contributed by atoms with Crippen molar-refractivity contribution in [3.8, 4) is 0 Å². The first-order valence-corrected chi connectivity index (χ1v) is 8.74. The maximum absolute atomic E-state index is 12.2. The SMILES string of the molecule is COC(=O)c1ccccc1Nc1ncnc(NNC(=O)c2ccc(Cl)cc2)c1N. The van der Waals surface area contributed by atoms with Crippen molar-refractivity contribution in [2.45, 2.75) is 0 Å². The van der Waals surface area contributed by atoms with Crippen LogP contribution in [0.25, 0.3) is 0 Å². The number of hydrogen-bond donors (Lipinski definition) is 4. The van der Waals surface area contributed by atoms with Crippen LogP contribution in [0.2, 0.25) is 5.02 Å². The quantitative estimate of drug-likeness (QED) is 0.359. The Balaban J connectivity index is 1.76. The summed E-state index contributed by atoms with van der Waals surface area (Å²) < 4.78 is 4.77. The van der Waals surface area contributed by atoms with E-state index in [1.807, 2.05) is 0 Å². The van der Waals surface area contributed by atoms with E-state index >= 15 is 0 Å². The molecule has 0 unspecified atom stereocenters. The molecule has 5 N–H and O–H groups in total. The maximum Gasteiger partial charge on any atom is 0.339 e. The zero-order valence-electron chi connectivity index (χ0n) is 15.3. The van der Waals surface area contributed by atoms with Gasteiger partial charge in [-0.15, -0.1) is 0 Å². The van der Waals surface area contributed by atoms with E-state index in [2.05, 4.69) is 26.1 Å². The molecule has 0 spiro atoms. The summed E-state index contributed by atoms with van der Waals surface area (Å²) in [6, 6.07) is 13.1. The highest BCUT2D eigenvalue weighted by Gasteiger charge is 2.15. The Kier molecular flexibility index (Phi) is 6.10. The molecule has 0 saturated heterocycles. The molecule has 1 amide bonds. The van der Waals surface area contributed by atoms with Gasteiger partial charge in [0.05, 0.1) is 18.4 Å². The fraction of sp³-hybridized carbons (Fsp3) is 0.0526. The van der Waals surface area contributed by atoms with E-state index in [4.69, 9.17) is 22.1 Å². The van der Waals surface area contributed by atoms with Crippen molar-refractivity contribution in [1.82, 2.24) is 15.4 Å². The summed E-state index contributed by atoms with van der Waals surface area (Å²) in [5.74, 6) is -0.473. The first-order chi connectivity index (χ1) is 14.0. The molecule has 0 radical (unpaired) electrons. The van der Waals surface area contributed by atoms with Crippen LogP contribution < -0.4 is 21.9 Å². The van der Waals surface area contributed by atoms with Gasteiger partial charge >= 0.3 is 5.97 Å². The summed E-state index contributed by atoms with van der Waals surface area (Å²) in [6.45, 7) is 0. The van der Waals surface area contributed by atoms with Crippen LogP contribution in [0.3, 0.4) is 0 Å². The van der Waals surface area contributed by atoms with Crippen LogP contribution in [-0.2, 0) is 4.74 Å². The Morgan fingerprint density at radius 1 is 1.03 bits per heavy atom. The van der Waals surface area contributed by atoms with Gasteiger partial charge < -0.3 is 15.8 Å². The van der Waals surface area contributed by atoms with E-state index in [0.29, 0.717) is 21.8 Å². The summed E-state index contributed by atoms with van der Waals surface area (Å²) in [5, 5.41) is 3.50. The number of ether oxygens (including phenoxy) is 1. The second-order valence-corrected chi connectivity index (χ2v) is 6.17. The van der Waals surface area contributed by atoms with Gasteiger partial charge in [0.25, 0.3) is 5.91 Å². The minimum Gasteiger partial charge on any atom is -0.465 e. The summed E-state index contributed by atoms with van der Waals surface area (Å²) in [7, 11) is 1.30. The third-order valence-electron chi connectivity index (χ3n) is 3.87. The molecule has 0 aliphatic rings. The van der Waals surface area contributed by atoms with E-state index in [1.165, 1.54) is 13.4 Å². The lowest BCUT2D eigenvalue weighted by Gasteiger charge is -2.14. The van der Waals surface area contributed by atoms with Gasteiger partial charge in [-0.1, -0.05) is 23.7 Å². The number of hydrogen-bond acceptors (Lipinski definition) is 8. The van der Waals surface area contributed by atoms with Gasteiger partial charge in [-0.05, 0) is 36.4 Å². The number of nitrogens with one attached hydrogen (secondary N) is 3. The number of nitrogens with two attached hydrogens (primary N) is 1. The van der Waals surface area contributed by atoms with Crippen molar-refractivity contribution in [2.24, 2.45) is 0 Å². The molecule has 2 aromatic carbocycles. The number of anilines is 4. The number of carbonyl (C=O) groups is 2. The Bertz CT molecular complexity index is 1040. The molecule has 0 fully saturated rings. The highest BCUT2D eigenvalue weighted by Crippen LogP contribution is 2.27. The van der Waals surface area contributed by atoms with Crippen LogP contribution in [0.15, 0.2) is 54.9 Å². The highest BCUT2D eigenvalue weighted by atomic mass is 35.5. The summed E-state index contributed by atoms with van der Waals surface area (Å²) in [6.07, 6.45) is 1.26. The van der Waals surface area contributed by atoms with Gasteiger partial charge in [0, 0.05) is 10.6 Å². The molecule has 148 valence electrons. The molecule has 1 aromatic heterocycles. The molecule has 0 bridgehead atoms. The van der Waals surface area contributed by atoms with Gasteiger partial charge in [0.1, 0.15) is 12.0 Å². The number of esters is 1. The molecular formula is C19H17ClN6O3. The number of methoxy groups -OCH3 is 1. The Hall–Kier alpha value is -3.85. The van der Waals surface area contributed by atoms with Crippen molar-refractivity contribution in [3.63, 3.8) is 0 Å². The van der Waals surface area contributed by atoms with Crippen molar-refractivity contribution < 1.29 is 14.3 Å². The van der Waals surface area contributed by atoms with E-state index in [0.717, 1.165) is 0 Å². The summed E-state index contributed by atoms with van der Waals surface area (Å²) >= 11 is 5.82. The summed E-state index contributed by atoms with van der Waals surface area (Å²) in [5.41, 5.74) is 12.6. The molecule has 0 aliphatic carbocycles. The van der Waals surface area contributed by atoms with Gasteiger partial charge in [-0.25, -0.2) is 14.8 Å². The number of amides is 1. The molecule has 3 rings (SSSR count). The highest BCUT2D eigenvalue weighted by molar-refractivity contribution is 6.30. The van der Waals surface area contributed by atoms with E-state index < -0.39 is 11.9 Å². The number of aromatic nitrogens is 2. The molecule has 0 saturated carbocycles. The topological polar surface area (TPSA) is 131 Å². The van der Waals surface area contributed by atoms with Gasteiger partial charge in [-0.3, -0.25) is 15.6 Å². The average Bonchev–Trinajstić information content (AvgIpc) is 2.74. The average molecular weight is 413 g/mol. The van der Waals surface area contributed by atoms with Crippen LogP contribution in [-0.4, -0.2) is 29.0 Å². The lowest BCUT2D eigenvalue weighted by Crippen LogP contribution is -2.30. The monoisotopic (exact) mass is 412 g/mol. The predicted molar refractivity (Wildman–Crippen MR) is 110 cm³/mol. The van der Waals surface area contributed by atoms with Crippen molar-refractivity contribution in [2.75, 3.05) is 23.6 Å². The summed E-state index contributed by atoms with van der Waals surface area (Å²) in [4.78, 5) is 32.2. The number of nitrogens with zero attached hydrogens (tertiary/aromatic N) is 2. The number of hydrazine groups is 1. The van der Waals surface area contributed by atoms with Crippen LogP contribution >= 0.6 is 11.6 Å². The van der Waals surface area contributed by atoms with Crippen molar-refractivity contribution in [1.29, 1.82) is 0 Å². The lowest BCUT2D eigenvalue weighted by atomic mass is 10.2. The standard InChI is InChI=1S/C19H17ClN6O3/c1-29-19(28)13-4-2-3-5-14(13)24-16-15(21)17(23-10-22-16)25-26-18(27)11-6-8-12(20)9-7-11/h2-10H,21H2,1H3,(H,26,27)(H2,22,23,24,25). The number of benzene rings is 2. The fourth-order valence-electron chi connectivity index (χ4n) is 2.39. The molecule has 0 aliphatic heterocycles. The zero-order valence-corrected chi connectivity index (χ0v) is 16.0. The second-order valence-electron chi connectivity index (χ2n) is 5.73. The lowest BCUT2D eigenvalue weighted by molar-refractivity contribution is 0.0601. The predicted octanol–water partition coefficient (Wildman–Crippen LogP) is 3.00. The molecule has 9 nitrogen and oxygen atoms in total. The van der Waals surface area contributed by atoms with Gasteiger partial charge in [-0.2, -0.15) is 0 Å². The first-order valence-electron chi connectivity index (χ1n) is 8.36. The maximum atomic E-state index is 12.2. The third-order valence-corrected chi connectivity index (χ3v) is 4.12. The second kappa shape index (κ2) is 8.89. The number of halogens is 1. The Morgan fingerprint density at radius 3 is 2.45 bits per heavy atom. The van der Waals surface area contributed by atoms with E-state index in [1.54, 1.807) is 48.5 Å². The minimum absolute atomic E-state index is 0.142. The normalized spacial score (nSPS) is 10.1. The third kappa shape index (κ3) is 4.71. The Labute approximate surface area is 171 Å². The molecule has 0 atom stereocenters. The minimum atomic E-state index is -0.505. The van der Waals surface area contributed by atoms with Gasteiger partial charge in [0.15, 0.2) is 11.6 Å². The van der Waals surface area contributed by atoms with Crippen molar-refractivity contribution >= 4 is 46.5 Å². The number of rotatable bonds is 6. The first kappa shape index (κ1) is 19.9. The van der Waals surface area contributed by atoms with E-state index in [-0.39, 0.29) is 17.3 Å². The Morgan fingerprint density at radius 2 is 1.72 bits per heavy atom. The zero-order chi connectivity index (χ0) is 20.8. The van der Waals surface area contributed by atoms with Crippen LogP contribution in [0.5, 0.6) is 0 Å². The van der Waals surface area contributed by atoms with Crippen LogP contribution in [0, 0.1) is 0 Å². The van der Waals surface area contributed by atoms with Crippen LogP contribution in [0.1, 0.15) is 20.7 Å². The van der Waals surface area contributed by atoms with Gasteiger partial charge in [0.2, 0.25) is 0 Å². The number of nitrogen functional groups attached to an aromatic ring is 1. The molecule has 29 heavy (non-hydrogen) atoms.